The van der Waals surface area contributed by atoms with Crippen molar-refractivity contribution in [1.29, 1.82) is 10.5 Å². The van der Waals surface area contributed by atoms with Gasteiger partial charge in [0.25, 0.3) is 5.91 Å². The lowest BCUT2D eigenvalue weighted by atomic mass is 9.96. The molecule has 0 bridgehead atoms. The lowest BCUT2D eigenvalue weighted by Gasteiger charge is -2.43. The van der Waals surface area contributed by atoms with Crippen LogP contribution in [0.1, 0.15) is 48.1 Å². The first-order valence-electron chi connectivity index (χ1n) is 15.8. The molecule has 0 saturated carbocycles. The summed E-state index contributed by atoms with van der Waals surface area (Å²) >= 11 is 0. The maximum Gasteiger partial charge on any atom is 0.282 e. The number of rotatable bonds is 7. The summed E-state index contributed by atoms with van der Waals surface area (Å²) in [5.74, 6) is -1.52. The van der Waals surface area contributed by atoms with E-state index in [1.54, 1.807) is 0 Å². The van der Waals surface area contributed by atoms with E-state index in [0.717, 1.165) is 61.4 Å². The van der Waals surface area contributed by atoms with Crippen molar-refractivity contribution in [2.45, 2.75) is 57.2 Å². The first-order valence-corrected chi connectivity index (χ1v) is 15.8. The monoisotopic (exact) mass is 613 g/mol. The van der Waals surface area contributed by atoms with Crippen LogP contribution >= 0.6 is 0 Å². The molecule has 2 aromatic heterocycles. The molecule has 11 nitrogen and oxygen atoms in total. The Bertz CT molecular complexity index is 1570. The van der Waals surface area contributed by atoms with Gasteiger partial charge in [0.05, 0.1) is 54.0 Å². The molecule has 2 atom stereocenters. The van der Waals surface area contributed by atoms with Gasteiger partial charge in [-0.25, -0.2) is 9.37 Å². The van der Waals surface area contributed by atoms with E-state index in [4.69, 9.17) is 9.72 Å². The summed E-state index contributed by atoms with van der Waals surface area (Å²) in [5.41, 5.74) is 6.47. The summed E-state index contributed by atoms with van der Waals surface area (Å²) in [6.07, 6.45) is 8.81. The molecule has 236 valence electrons. The molecule has 0 unspecified atom stereocenters. The van der Waals surface area contributed by atoms with Crippen LogP contribution in [0.5, 0.6) is 5.88 Å². The van der Waals surface area contributed by atoms with Crippen LogP contribution in [-0.4, -0.2) is 97.7 Å². The first-order chi connectivity index (χ1) is 21.8. The second kappa shape index (κ2) is 12.9. The van der Waals surface area contributed by atoms with Gasteiger partial charge in [-0.3, -0.25) is 9.78 Å². The van der Waals surface area contributed by atoms with Gasteiger partial charge in [0.15, 0.2) is 5.83 Å². The molecule has 6 rings (SSSR count). The number of pyridine rings is 2. The van der Waals surface area contributed by atoms with Gasteiger partial charge >= 0.3 is 0 Å². The Balaban J connectivity index is 1.38. The maximum absolute atomic E-state index is 13.9. The molecule has 2 aromatic rings. The zero-order chi connectivity index (χ0) is 31.7. The molecular formula is C33H40FN9O2. The number of fused-ring (bicyclic) bond motifs is 2. The molecule has 0 aliphatic carbocycles. The van der Waals surface area contributed by atoms with Crippen molar-refractivity contribution in [3.05, 3.63) is 47.2 Å². The summed E-state index contributed by atoms with van der Waals surface area (Å²) in [6.45, 7) is 7.73. The van der Waals surface area contributed by atoms with Gasteiger partial charge in [0.1, 0.15) is 18.2 Å². The van der Waals surface area contributed by atoms with Gasteiger partial charge in [0.2, 0.25) is 5.88 Å². The molecule has 4 aliphatic heterocycles. The number of anilines is 3. The number of aryl methyl sites for hydroxylation is 1. The van der Waals surface area contributed by atoms with Crippen LogP contribution in [0.25, 0.3) is 0 Å². The van der Waals surface area contributed by atoms with Crippen LogP contribution < -0.4 is 19.4 Å². The average Bonchev–Trinajstić information content (AvgIpc) is 3.46. The van der Waals surface area contributed by atoms with E-state index in [2.05, 4.69) is 57.4 Å². The summed E-state index contributed by atoms with van der Waals surface area (Å²) in [5, 5.41) is 20.1. The second-order valence-electron chi connectivity index (χ2n) is 12.5. The van der Waals surface area contributed by atoms with Crippen molar-refractivity contribution in [3.8, 4) is 18.0 Å². The molecule has 0 N–H and O–H groups in total. The molecule has 1 amide bonds. The number of nitrogens with zero attached hydrogens (tertiary/aromatic N) is 9. The third kappa shape index (κ3) is 5.87. The van der Waals surface area contributed by atoms with Crippen LogP contribution in [0.15, 0.2) is 24.8 Å². The minimum atomic E-state index is -1.04. The predicted molar refractivity (Wildman–Crippen MR) is 169 cm³/mol. The number of halogens is 1. The number of nitriles is 2. The minimum absolute atomic E-state index is 0.0372. The molecule has 2 fully saturated rings. The number of carbonyl (C=O) groups excluding carboxylic acids is 1. The molecule has 12 heteroatoms. The van der Waals surface area contributed by atoms with Gasteiger partial charge in [-0.2, -0.15) is 10.5 Å². The third-order valence-electron chi connectivity index (χ3n) is 9.74. The zero-order valence-corrected chi connectivity index (χ0v) is 26.1. The molecule has 2 saturated heterocycles. The number of hydrogen-bond donors (Lipinski definition) is 0. The van der Waals surface area contributed by atoms with Gasteiger partial charge in [-0.1, -0.05) is 6.58 Å². The predicted octanol–water partition coefficient (Wildman–Crippen LogP) is 3.18. The van der Waals surface area contributed by atoms with Crippen molar-refractivity contribution in [2.24, 2.45) is 0 Å². The maximum atomic E-state index is 13.9. The van der Waals surface area contributed by atoms with Crippen molar-refractivity contribution >= 4 is 23.0 Å². The molecule has 4 aliphatic rings. The van der Waals surface area contributed by atoms with Crippen molar-refractivity contribution in [2.75, 3.05) is 74.7 Å². The summed E-state index contributed by atoms with van der Waals surface area (Å²) in [7, 11) is 4.21. The van der Waals surface area contributed by atoms with Gasteiger partial charge < -0.3 is 29.2 Å². The van der Waals surface area contributed by atoms with E-state index in [9.17, 15) is 19.7 Å². The zero-order valence-electron chi connectivity index (χ0n) is 26.1. The lowest BCUT2D eigenvalue weighted by molar-refractivity contribution is -0.131. The molecule has 0 spiro atoms. The number of piperazine rings is 1. The average molecular weight is 614 g/mol. The minimum Gasteiger partial charge on any atom is -0.475 e. The normalized spacial score (nSPS) is 21.5. The summed E-state index contributed by atoms with van der Waals surface area (Å²) in [6, 6.07) is 4.24. The van der Waals surface area contributed by atoms with E-state index >= 15 is 0 Å². The molecule has 6 heterocycles. The highest BCUT2D eigenvalue weighted by Crippen LogP contribution is 2.41. The number of aromatic nitrogens is 2. The second-order valence-corrected chi connectivity index (χ2v) is 12.5. The first kappa shape index (κ1) is 30.6. The van der Waals surface area contributed by atoms with Crippen LogP contribution in [0.3, 0.4) is 0 Å². The number of likely N-dealkylation sites (tertiary alicyclic amines) is 1. The van der Waals surface area contributed by atoms with Crippen LogP contribution in [0.4, 0.5) is 21.5 Å². The molecule has 0 radical (unpaired) electrons. The topological polar surface area (TPSA) is 116 Å². The number of likely N-dealkylation sites (N-methyl/N-ethyl adjacent to an activating group) is 1. The lowest BCUT2D eigenvalue weighted by Crippen LogP contribution is -2.55. The summed E-state index contributed by atoms with van der Waals surface area (Å²) < 4.78 is 20.3. The Hall–Kier alpha value is -4.42. The standard InChI is InChI=1S/C33H40FN9O2/c1-22(34)33(44)43-15-14-42(19-24(43)8-10-35)31-26-9-13-41(29-18-37-17-23-6-4-12-40(3)30(23)29)20-28(26)38-32(27(31)16-36)45-21-25-7-5-11-39(25)2/h17-18,24-25H,1,4-9,11-15,19-21H2,2-3H3/t24-,25-/m0/s1. The largest absolute Gasteiger partial charge is 0.475 e. The van der Waals surface area contributed by atoms with E-state index in [1.165, 1.54) is 16.2 Å². The number of ether oxygens (including phenoxy) is 1. The van der Waals surface area contributed by atoms with Crippen molar-refractivity contribution in [1.82, 2.24) is 19.8 Å². The smallest absolute Gasteiger partial charge is 0.282 e. The van der Waals surface area contributed by atoms with Gasteiger partial charge in [0, 0.05) is 57.6 Å². The van der Waals surface area contributed by atoms with Crippen molar-refractivity contribution in [3.63, 3.8) is 0 Å². The van der Waals surface area contributed by atoms with Gasteiger partial charge in [-0.05, 0) is 51.3 Å². The number of hydrogen-bond acceptors (Lipinski definition) is 10. The van der Waals surface area contributed by atoms with E-state index in [-0.39, 0.29) is 25.6 Å². The highest BCUT2D eigenvalue weighted by Gasteiger charge is 2.37. The Morgan fingerprint density at radius 1 is 1.07 bits per heavy atom. The quantitative estimate of drug-likeness (QED) is 0.431. The van der Waals surface area contributed by atoms with E-state index in [0.29, 0.717) is 44.1 Å². The molecule has 0 aromatic carbocycles. The SMILES string of the molecule is C=C(F)C(=O)N1CCN(c2c(C#N)c(OC[C@@H]3CCCN3C)nc3c2CCN(c2cncc4c2N(C)CCC4)C3)C[C@@H]1CC#N. The summed E-state index contributed by atoms with van der Waals surface area (Å²) in [4.78, 5) is 32.5. The Morgan fingerprint density at radius 2 is 1.91 bits per heavy atom. The van der Waals surface area contributed by atoms with Crippen molar-refractivity contribution < 1.29 is 13.9 Å². The Kier molecular flexibility index (Phi) is 8.77. The Morgan fingerprint density at radius 3 is 2.64 bits per heavy atom. The number of carbonyl (C=O) groups is 1. The third-order valence-corrected chi connectivity index (χ3v) is 9.74. The highest BCUT2D eigenvalue weighted by molar-refractivity contribution is 5.91. The molecule has 45 heavy (non-hydrogen) atoms. The fraction of sp³-hybridized carbons (Fsp3) is 0.545. The van der Waals surface area contributed by atoms with Gasteiger partial charge in [-0.15, -0.1) is 0 Å². The fourth-order valence-corrected chi connectivity index (χ4v) is 7.38. The van der Waals surface area contributed by atoms with Crippen LogP contribution in [0.2, 0.25) is 0 Å². The van der Waals surface area contributed by atoms with Crippen LogP contribution in [0, 0.1) is 22.7 Å². The Labute approximate surface area is 264 Å². The highest BCUT2D eigenvalue weighted by atomic mass is 19.1. The van der Waals surface area contributed by atoms with Crippen LogP contribution in [-0.2, 0) is 24.2 Å². The number of amides is 1. The fourth-order valence-electron chi connectivity index (χ4n) is 7.38. The van der Waals surface area contributed by atoms with E-state index in [1.807, 2.05) is 12.4 Å². The molecular weight excluding hydrogens is 573 g/mol. The van der Waals surface area contributed by atoms with E-state index < -0.39 is 17.8 Å².